The number of carbonyl (C=O) groups excluding carboxylic acids is 2. The lowest BCUT2D eigenvalue weighted by Crippen LogP contribution is -2.52. The molecule has 0 bridgehead atoms. The fraction of sp³-hybridized carbons (Fsp3) is 0.467. The van der Waals surface area contributed by atoms with Crippen molar-refractivity contribution >= 4 is 29.1 Å². The van der Waals surface area contributed by atoms with Gasteiger partial charge in [0, 0.05) is 23.5 Å². The molecule has 7 heteroatoms. The van der Waals surface area contributed by atoms with E-state index in [-0.39, 0.29) is 23.2 Å². The Kier molecular flexibility index (Phi) is 6.61. The van der Waals surface area contributed by atoms with Crippen molar-refractivity contribution in [2.24, 2.45) is 0 Å². The predicted molar refractivity (Wildman–Crippen MR) is 147 cm³/mol. The van der Waals surface area contributed by atoms with Gasteiger partial charge in [0.2, 0.25) is 0 Å². The Morgan fingerprint density at radius 3 is 2.65 bits per heavy atom. The normalized spacial score (nSPS) is 23.6. The summed E-state index contributed by atoms with van der Waals surface area (Å²) in [6.45, 7) is 9.28. The van der Waals surface area contributed by atoms with Crippen LogP contribution in [0.2, 0.25) is 5.02 Å². The molecule has 2 aliphatic heterocycles. The molecule has 2 heterocycles. The number of halogens is 1. The smallest absolute Gasteiger partial charge is 0.328 e. The molecule has 37 heavy (non-hydrogen) atoms. The van der Waals surface area contributed by atoms with E-state index in [2.05, 4.69) is 32.2 Å². The minimum atomic E-state index is -1.02. The maximum Gasteiger partial charge on any atom is 0.328 e. The van der Waals surface area contributed by atoms with E-state index >= 15 is 0 Å². The molecule has 2 atom stereocenters. The van der Waals surface area contributed by atoms with Gasteiger partial charge in [-0.3, -0.25) is 14.6 Å². The number of rotatable bonds is 5. The zero-order valence-electron chi connectivity index (χ0n) is 22.1. The Balaban J connectivity index is 1.59. The minimum absolute atomic E-state index is 0.0287. The van der Waals surface area contributed by atoms with Gasteiger partial charge in [0.25, 0.3) is 5.91 Å². The fourth-order valence-electron chi connectivity index (χ4n) is 6.17. The number of benzene rings is 2. The molecule has 2 N–H and O–H groups in total. The highest BCUT2D eigenvalue weighted by Crippen LogP contribution is 2.53. The molecule has 1 unspecified atom stereocenters. The van der Waals surface area contributed by atoms with Crippen LogP contribution >= 0.6 is 11.6 Å². The zero-order valence-corrected chi connectivity index (χ0v) is 22.9. The molecule has 5 rings (SSSR count). The van der Waals surface area contributed by atoms with Gasteiger partial charge in [-0.15, -0.1) is 0 Å². The Labute approximate surface area is 224 Å². The van der Waals surface area contributed by atoms with Gasteiger partial charge in [0.05, 0.1) is 6.04 Å². The van der Waals surface area contributed by atoms with Gasteiger partial charge in [-0.25, -0.2) is 4.79 Å². The van der Waals surface area contributed by atoms with Gasteiger partial charge in [0.15, 0.2) is 0 Å². The Hall–Kier alpha value is -2.83. The number of imide groups is 1. The molecule has 196 valence electrons. The summed E-state index contributed by atoms with van der Waals surface area (Å²) in [5, 5.41) is 14.5. The summed E-state index contributed by atoms with van der Waals surface area (Å²) in [7, 11) is 0. The number of amides is 3. The van der Waals surface area contributed by atoms with E-state index < -0.39 is 11.6 Å². The molecule has 6 nitrogen and oxygen atoms in total. The van der Waals surface area contributed by atoms with E-state index in [4.69, 9.17) is 11.6 Å². The second-order valence-corrected chi connectivity index (χ2v) is 12.2. The third kappa shape index (κ3) is 4.66. The van der Waals surface area contributed by atoms with Crippen molar-refractivity contribution in [1.29, 1.82) is 0 Å². The molecular weight excluding hydrogens is 486 g/mol. The average Bonchev–Trinajstić information content (AvgIpc) is 2.93. The van der Waals surface area contributed by atoms with Crippen molar-refractivity contribution in [1.82, 2.24) is 15.1 Å². The van der Waals surface area contributed by atoms with Crippen molar-refractivity contribution in [2.45, 2.75) is 76.9 Å². The van der Waals surface area contributed by atoms with Gasteiger partial charge in [-0.1, -0.05) is 29.8 Å². The molecule has 1 fully saturated rings. The van der Waals surface area contributed by atoms with Crippen molar-refractivity contribution in [3.8, 4) is 5.75 Å². The third-order valence-corrected chi connectivity index (χ3v) is 8.10. The van der Waals surface area contributed by atoms with Crippen molar-refractivity contribution in [3.63, 3.8) is 0 Å². The predicted octanol–water partition coefficient (Wildman–Crippen LogP) is 6.08. The topological polar surface area (TPSA) is 72.9 Å². The van der Waals surface area contributed by atoms with Crippen molar-refractivity contribution < 1.29 is 14.7 Å². The fourth-order valence-corrected chi connectivity index (χ4v) is 6.34. The summed E-state index contributed by atoms with van der Waals surface area (Å²) >= 11 is 6.46. The number of urea groups is 1. The average molecular weight is 522 g/mol. The first-order chi connectivity index (χ1) is 17.5. The summed E-state index contributed by atoms with van der Waals surface area (Å²) in [6, 6.07) is 12.4. The van der Waals surface area contributed by atoms with Crippen LogP contribution < -0.4 is 5.32 Å². The maximum atomic E-state index is 14.0. The molecule has 3 amide bonds. The molecule has 2 aromatic rings. The van der Waals surface area contributed by atoms with Crippen LogP contribution in [-0.2, 0) is 11.2 Å². The molecule has 1 aliphatic carbocycles. The van der Waals surface area contributed by atoms with Crippen molar-refractivity contribution in [3.05, 3.63) is 69.8 Å². The molecule has 0 aromatic heterocycles. The Morgan fingerprint density at radius 2 is 1.92 bits per heavy atom. The van der Waals surface area contributed by atoms with Crippen LogP contribution in [0.5, 0.6) is 5.75 Å². The van der Waals surface area contributed by atoms with E-state index in [0.717, 1.165) is 41.5 Å². The summed E-state index contributed by atoms with van der Waals surface area (Å²) in [4.78, 5) is 31.2. The highest BCUT2D eigenvalue weighted by atomic mass is 35.5. The van der Waals surface area contributed by atoms with Gasteiger partial charge < -0.3 is 10.4 Å². The number of aryl methyl sites for hydroxylation is 1. The molecule has 2 aromatic carbocycles. The lowest BCUT2D eigenvalue weighted by atomic mass is 9.75. The van der Waals surface area contributed by atoms with Gasteiger partial charge >= 0.3 is 6.03 Å². The lowest BCUT2D eigenvalue weighted by Gasteiger charge is -2.45. The van der Waals surface area contributed by atoms with Gasteiger partial charge in [-0.05, 0) is 112 Å². The quantitative estimate of drug-likeness (QED) is 0.369. The highest BCUT2D eigenvalue weighted by Gasteiger charge is 2.59. The van der Waals surface area contributed by atoms with E-state index in [1.54, 1.807) is 23.1 Å². The summed E-state index contributed by atoms with van der Waals surface area (Å²) < 4.78 is 0. The number of fused-ring (bicyclic) bond motifs is 3. The van der Waals surface area contributed by atoms with Crippen LogP contribution in [0.4, 0.5) is 4.79 Å². The maximum absolute atomic E-state index is 14.0. The van der Waals surface area contributed by atoms with Crippen LogP contribution in [0.1, 0.15) is 76.1 Å². The van der Waals surface area contributed by atoms with Crippen LogP contribution in [0, 0.1) is 0 Å². The van der Waals surface area contributed by atoms with E-state index in [9.17, 15) is 14.7 Å². The highest BCUT2D eigenvalue weighted by molar-refractivity contribution is 6.30. The van der Waals surface area contributed by atoms with Crippen LogP contribution in [-0.4, -0.2) is 51.0 Å². The number of nitrogens with zero attached hydrogens (tertiary/aromatic N) is 2. The largest absolute Gasteiger partial charge is 0.508 e. The van der Waals surface area contributed by atoms with Crippen LogP contribution in [0.15, 0.2) is 48.0 Å². The Morgan fingerprint density at radius 1 is 1.14 bits per heavy atom. The van der Waals surface area contributed by atoms with E-state index in [1.165, 1.54) is 10.5 Å². The summed E-state index contributed by atoms with van der Waals surface area (Å²) in [6.07, 6.45) is 3.80. The number of carbonyl (C=O) groups is 2. The number of phenols is 1. The SMILES string of the molecule is CC(C)(C)NCCCN1C(=O)N2C(c3cccc(O)c3)C3=C(C[C@@]2(C)C1=O)c1cc(Cl)ccc1CCC3. The number of hydrogen-bond donors (Lipinski definition) is 2. The zero-order chi connectivity index (χ0) is 26.5. The van der Waals surface area contributed by atoms with Gasteiger partial charge in [-0.2, -0.15) is 0 Å². The third-order valence-electron chi connectivity index (χ3n) is 7.86. The second-order valence-electron chi connectivity index (χ2n) is 11.7. The molecule has 0 radical (unpaired) electrons. The van der Waals surface area contributed by atoms with Gasteiger partial charge in [0.1, 0.15) is 11.3 Å². The lowest BCUT2D eigenvalue weighted by molar-refractivity contribution is -0.133. The number of nitrogens with one attached hydrogen (secondary N) is 1. The molecule has 3 aliphatic rings. The first-order valence-electron chi connectivity index (χ1n) is 13.2. The first-order valence-corrected chi connectivity index (χ1v) is 13.6. The molecule has 0 spiro atoms. The Bertz CT molecular complexity index is 1280. The molecule has 1 saturated heterocycles. The molecular formula is C30H36ClN3O3. The number of hydrogen-bond acceptors (Lipinski definition) is 4. The van der Waals surface area contributed by atoms with Crippen LogP contribution in [0.3, 0.4) is 0 Å². The number of phenolic OH excluding ortho intramolecular Hbond substituents is 1. The number of aromatic hydroxyl groups is 1. The first kappa shape index (κ1) is 25.8. The monoisotopic (exact) mass is 521 g/mol. The molecule has 0 saturated carbocycles. The minimum Gasteiger partial charge on any atom is -0.508 e. The van der Waals surface area contributed by atoms with E-state index in [0.29, 0.717) is 31.0 Å². The second kappa shape index (κ2) is 9.48. The standard InChI is InChI=1S/C30H36ClN3O3/c1-29(2,3)32-14-7-15-33-27(36)30(4)18-25-23(11-6-8-19-12-13-21(31)17-24(19)25)26(34(30)28(33)37)20-9-5-10-22(35)16-20/h5,9-10,12-13,16-17,26,32,35H,6-8,11,14-15,18H2,1-4H3/t26?,30-/m0/s1. The summed E-state index contributed by atoms with van der Waals surface area (Å²) in [5.41, 5.74) is 4.33. The van der Waals surface area contributed by atoms with Crippen LogP contribution in [0.25, 0.3) is 5.57 Å². The van der Waals surface area contributed by atoms with E-state index in [1.807, 2.05) is 25.1 Å². The summed E-state index contributed by atoms with van der Waals surface area (Å²) in [5.74, 6) is -0.00939. The van der Waals surface area contributed by atoms with Crippen molar-refractivity contribution in [2.75, 3.05) is 13.1 Å².